The monoisotopic (exact) mass is 365 g/mol. The predicted molar refractivity (Wildman–Crippen MR) is 87.5 cm³/mol. The zero-order chi connectivity index (χ0) is 17.1. The van der Waals surface area contributed by atoms with E-state index in [1.165, 1.54) is 30.5 Å². The average molecular weight is 366 g/mol. The Morgan fingerprint density at radius 3 is 2.67 bits per heavy atom. The number of carbonyl (C=O) groups excluding carboxylic acids is 1. The number of ether oxygens (including phenoxy) is 1. The van der Waals surface area contributed by atoms with E-state index < -0.39 is 5.97 Å². The Kier molecular flexibility index (Phi) is 4.83. The lowest BCUT2D eigenvalue weighted by Crippen LogP contribution is -2.06. The van der Waals surface area contributed by atoms with Gasteiger partial charge in [0.25, 0.3) is 0 Å². The molecule has 0 N–H and O–H groups in total. The van der Waals surface area contributed by atoms with Crippen molar-refractivity contribution in [3.05, 3.63) is 75.8 Å². The summed E-state index contributed by atoms with van der Waals surface area (Å²) >= 11 is 11.8. The molecule has 0 spiro atoms. The standard InChI is InChI=1S/C17H10Cl2FNO3/c18-11-3-6-15(19)14(7-11)17(22)24-9-13-8-23-16(21-13)10-1-4-12(20)5-2-10/h1-8H,9H2. The molecule has 0 aliphatic heterocycles. The average Bonchev–Trinajstić information content (AvgIpc) is 3.04. The van der Waals surface area contributed by atoms with Gasteiger partial charge in [0.1, 0.15) is 24.4 Å². The van der Waals surface area contributed by atoms with E-state index in [2.05, 4.69) is 4.98 Å². The summed E-state index contributed by atoms with van der Waals surface area (Å²) in [6.45, 7) is -0.0909. The lowest BCUT2D eigenvalue weighted by molar-refractivity contribution is 0.0468. The van der Waals surface area contributed by atoms with Gasteiger partial charge in [0.2, 0.25) is 5.89 Å². The molecule has 0 unspecified atom stereocenters. The molecule has 0 fully saturated rings. The van der Waals surface area contributed by atoms with Gasteiger partial charge in [-0.2, -0.15) is 0 Å². The zero-order valence-electron chi connectivity index (χ0n) is 12.1. The highest BCUT2D eigenvalue weighted by Crippen LogP contribution is 2.22. The maximum absolute atomic E-state index is 12.9. The highest BCUT2D eigenvalue weighted by molar-refractivity contribution is 6.35. The van der Waals surface area contributed by atoms with Crippen LogP contribution in [-0.2, 0) is 11.3 Å². The van der Waals surface area contributed by atoms with Gasteiger partial charge in [0.05, 0.1) is 10.6 Å². The van der Waals surface area contributed by atoms with Gasteiger partial charge < -0.3 is 9.15 Å². The topological polar surface area (TPSA) is 52.3 Å². The van der Waals surface area contributed by atoms with Crippen molar-refractivity contribution in [1.82, 2.24) is 4.98 Å². The second kappa shape index (κ2) is 7.03. The van der Waals surface area contributed by atoms with Gasteiger partial charge in [-0.05, 0) is 42.5 Å². The summed E-state index contributed by atoms with van der Waals surface area (Å²) in [5.74, 6) is -0.659. The maximum atomic E-state index is 12.9. The molecule has 3 aromatic rings. The molecule has 7 heteroatoms. The fraction of sp³-hybridized carbons (Fsp3) is 0.0588. The van der Waals surface area contributed by atoms with E-state index in [-0.39, 0.29) is 23.0 Å². The molecular weight excluding hydrogens is 356 g/mol. The number of halogens is 3. The summed E-state index contributed by atoms with van der Waals surface area (Å²) < 4.78 is 23.4. The number of carbonyl (C=O) groups is 1. The molecule has 122 valence electrons. The Balaban J connectivity index is 1.68. The van der Waals surface area contributed by atoms with Gasteiger partial charge in [-0.15, -0.1) is 0 Å². The van der Waals surface area contributed by atoms with Crippen LogP contribution in [0.1, 0.15) is 16.1 Å². The fourth-order valence-electron chi connectivity index (χ4n) is 1.97. The van der Waals surface area contributed by atoms with Crippen LogP contribution in [0.2, 0.25) is 10.0 Å². The summed E-state index contributed by atoms with van der Waals surface area (Å²) in [6.07, 6.45) is 1.37. The van der Waals surface area contributed by atoms with Gasteiger partial charge >= 0.3 is 5.97 Å². The van der Waals surface area contributed by atoms with Crippen molar-refractivity contribution in [2.24, 2.45) is 0 Å². The summed E-state index contributed by atoms with van der Waals surface area (Å²) in [7, 11) is 0. The van der Waals surface area contributed by atoms with E-state index in [0.717, 1.165) is 0 Å². The molecule has 0 aliphatic rings. The number of rotatable bonds is 4. The maximum Gasteiger partial charge on any atom is 0.340 e. The van der Waals surface area contributed by atoms with E-state index in [1.54, 1.807) is 18.2 Å². The van der Waals surface area contributed by atoms with Crippen molar-refractivity contribution in [3.8, 4) is 11.5 Å². The van der Waals surface area contributed by atoms with Crippen molar-refractivity contribution in [3.63, 3.8) is 0 Å². The summed E-state index contributed by atoms with van der Waals surface area (Å²) in [4.78, 5) is 16.2. The van der Waals surface area contributed by atoms with Crippen molar-refractivity contribution in [2.45, 2.75) is 6.61 Å². The summed E-state index contributed by atoms with van der Waals surface area (Å²) in [5, 5.41) is 0.628. The van der Waals surface area contributed by atoms with Gasteiger partial charge in [0, 0.05) is 10.6 Å². The van der Waals surface area contributed by atoms with Crippen molar-refractivity contribution in [1.29, 1.82) is 0 Å². The van der Waals surface area contributed by atoms with Crippen molar-refractivity contribution >= 4 is 29.2 Å². The summed E-state index contributed by atoms with van der Waals surface area (Å²) in [6, 6.07) is 10.2. The van der Waals surface area contributed by atoms with Crippen LogP contribution >= 0.6 is 23.2 Å². The quantitative estimate of drug-likeness (QED) is 0.600. The van der Waals surface area contributed by atoms with Crippen molar-refractivity contribution < 1.29 is 18.3 Å². The normalized spacial score (nSPS) is 10.6. The molecular formula is C17H10Cl2FNO3. The zero-order valence-corrected chi connectivity index (χ0v) is 13.6. The largest absolute Gasteiger partial charge is 0.455 e. The number of oxazole rings is 1. The van der Waals surface area contributed by atoms with E-state index in [9.17, 15) is 9.18 Å². The number of hydrogen-bond donors (Lipinski definition) is 0. The summed E-state index contributed by atoms with van der Waals surface area (Å²) in [5.41, 5.74) is 1.21. The number of nitrogens with zero attached hydrogens (tertiary/aromatic N) is 1. The van der Waals surface area contributed by atoms with Crippen LogP contribution in [0.15, 0.2) is 53.1 Å². The van der Waals surface area contributed by atoms with E-state index >= 15 is 0 Å². The van der Waals surface area contributed by atoms with Crippen LogP contribution in [0.4, 0.5) is 4.39 Å². The molecule has 0 radical (unpaired) electrons. The molecule has 0 amide bonds. The highest BCUT2D eigenvalue weighted by Gasteiger charge is 2.14. The predicted octanol–water partition coefficient (Wildman–Crippen LogP) is 5.14. The van der Waals surface area contributed by atoms with Crippen LogP contribution in [0.5, 0.6) is 0 Å². The minimum atomic E-state index is -0.617. The number of hydrogen-bond acceptors (Lipinski definition) is 4. The Hall–Kier alpha value is -2.37. The molecule has 24 heavy (non-hydrogen) atoms. The highest BCUT2D eigenvalue weighted by atomic mass is 35.5. The van der Waals surface area contributed by atoms with E-state index in [4.69, 9.17) is 32.4 Å². The first-order chi connectivity index (χ1) is 11.5. The lowest BCUT2D eigenvalue weighted by Gasteiger charge is -2.04. The molecule has 4 nitrogen and oxygen atoms in total. The molecule has 1 aromatic heterocycles. The van der Waals surface area contributed by atoms with Crippen LogP contribution in [-0.4, -0.2) is 11.0 Å². The van der Waals surface area contributed by atoms with Crippen LogP contribution < -0.4 is 0 Å². The molecule has 3 rings (SSSR count). The first-order valence-electron chi connectivity index (χ1n) is 6.85. The molecule has 0 aliphatic carbocycles. The molecule has 0 atom stereocenters. The second-order valence-corrected chi connectivity index (χ2v) is 5.69. The third-order valence-electron chi connectivity index (χ3n) is 3.14. The molecule has 0 bridgehead atoms. The second-order valence-electron chi connectivity index (χ2n) is 4.85. The minimum Gasteiger partial charge on any atom is -0.455 e. The van der Waals surface area contributed by atoms with Gasteiger partial charge in [-0.3, -0.25) is 0 Å². The fourth-order valence-corrected chi connectivity index (χ4v) is 2.34. The van der Waals surface area contributed by atoms with Crippen LogP contribution in [0, 0.1) is 5.82 Å². The first-order valence-corrected chi connectivity index (χ1v) is 7.61. The Bertz CT molecular complexity index is 878. The Morgan fingerprint density at radius 2 is 1.92 bits per heavy atom. The van der Waals surface area contributed by atoms with E-state index in [1.807, 2.05) is 0 Å². The molecule has 0 saturated heterocycles. The molecule has 1 heterocycles. The SMILES string of the molecule is O=C(OCc1coc(-c2ccc(F)cc2)n1)c1cc(Cl)ccc1Cl. The van der Waals surface area contributed by atoms with Crippen LogP contribution in [0.25, 0.3) is 11.5 Å². The first kappa shape index (κ1) is 16.5. The lowest BCUT2D eigenvalue weighted by atomic mass is 10.2. The number of esters is 1. The Morgan fingerprint density at radius 1 is 1.17 bits per heavy atom. The van der Waals surface area contributed by atoms with Crippen molar-refractivity contribution in [2.75, 3.05) is 0 Å². The molecule has 2 aromatic carbocycles. The van der Waals surface area contributed by atoms with E-state index in [0.29, 0.717) is 22.2 Å². The smallest absolute Gasteiger partial charge is 0.340 e. The van der Waals surface area contributed by atoms with Gasteiger partial charge in [-0.1, -0.05) is 23.2 Å². The minimum absolute atomic E-state index is 0.0909. The molecule has 0 saturated carbocycles. The number of benzene rings is 2. The van der Waals surface area contributed by atoms with Gasteiger partial charge in [-0.25, -0.2) is 14.2 Å². The third-order valence-corrected chi connectivity index (χ3v) is 3.71. The number of aromatic nitrogens is 1. The van der Waals surface area contributed by atoms with Crippen LogP contribution in [0.3, 0.4) is 0 Å². The third kappa shape index (κ3) is 3.75. The Labute approximate surface area is 146 Å². The van der Waals surface area contributed by atoms with Gasteiger partial charge in [0.15, 0.2) is 0 Å².